The highest BCUT2D eigenvalue weighted by Crippen LogP contribution is 2.47. The molecule has 3 aliphatic heterocycles. The fourth-order valence-corrected chi connectivity index (χ4v) is 5.28. The molecule has 3 atom stereocenters. The average molecular weight is 411 g/mol. The molecule has 2 aromatic rings. The second kappa shape index (κ2) is 8.40. The van der Waals surface area contributed by atoms with Gasteiger partial charge in [0.05, 0.1) is 18.7 Å². The van der Waals surface area contributed by atoms with E-state index in [1.165, 1.54) is 5.56 Å². The van der Waals surface area contributed by atoms with Crippen molar-refractivity contribution in [3.05, 3.63) is 47.8 Å². The molecule has 0 aliphatic carbocycles. The number of amides is 1. The van der Waals surface area contributed by atoms with Gasteiger partial charge in [-0.1, -0.05) is 18.2 Å². The van der Waals surface area contributed by atoms with Crippen LogP contribution in [0, 0.1) is 17.8 Å². The van der Waals surface area contributed by atoms with E-state index in [2.05, 4.69) is 27.4 Å². The van der Waals surface area contributed by atoms with E-state index in [0.717, 1.165) is 50.5 Å². The van der Waals surface area contributed by atoms with Crippen LogP contribution in [0.15, 0.2) is 36.7 Å². The van der Waals surface area contributed by atoms with Gasteiger partial charge in [-0.2, -0.15) is 5.10 Å². The molecule has 1 aromatic carbocycles. The van der Waals surface area contributed by atoms with Gasteiger partial charge in [-0.05, 0) is 24.8 Å². The zero-order valence-electron chi connectivity index (χ0n) is 17.5. The van der Waals surface area contributed by atoms with Crippen molar-refractivity contribution in [1.82, 2.24) is 20.0 Å². The molecule has 2 saturated heterocycles. The molecule has 30 heavy (non-hydrogen) atoms. The number of rotatable bonds is 5. The molecule has 160 valence electrons. The minimum absolute atomic E-state index is 0.0696. The number of nitrogens with one attached hydrogen (secondary N) is 1. The summed E-state index contributed by atoms with van der Waals surface area (Å²) in [5.74, 6) is 1.82. The Morgan fingerprint density at radius 2 is 2.10 bits per heavy atom. The number of carbonyl (C=O) groups is 1. The molecule has 0 radical (unpaired) electrons. The second-order valence-corrected chi connectivity index (χ2v) is 8.81. The van der Waals surface area contributed by atoms with Gasteiger partial charge in [0, 0.05) is 69.2 Å². The molecule has 5 rings (SSSR count). The molecule has 0 bridgehead atoms. The molecule has 0 spiro atoms. The summed E-state index contributed by atoms with van der Waals surface area (Å²) < 4.78 is 13.4. The maximum atomic E-state index is 13.2. The van der Waals surface area contributed by atoms with E-state index in [-0.39, 0.29) is 23.8 Å². The van der Waals surface area contributed by atoms with E-state index in [0.29, 0.717) is 19.1 Å². The number of benzene rings is 1. The van der Waals surface area contributed by atoms with Gasteiger partial charge in [0.15, 0.2) is 0 Å². The van der Waals surface area contributed by atoms with Crippen molar-refractivity contribution in [1.29, 1.82) is 0 Å². The topological polar surface area (TPSA) is 68.6 Å². The Morgan fingerprint density at radius 3 is 2.90 bits per heavy atom. The van der Waals surface area contributed by atoms with Crippen molar-refractivity contribution in [2.45, 2.75) is 25.4 Å². The summed E-state index contributed by atoms with van der Waals surface area (Å²) in [7, 11) is 1.89. The Morgan fingerprint density at radius 1 is 1.27 bits per heavy atom. The van der Waals surface area contributed by atoms with E-state index in [4.69, 9.17) is 9.47 Å². The van der Waals surface area contributed by atoms with Crippen molar-refractivity contribution in [3.63, 3.8) is 0 Å². The number of hydrogen-bond donors (Lipinski definition) is 1. The maximum absolute atomic E-state index is 13.2. The molecule has 0 saturated carbocycles. The molecule has 7 heteroatoms. The zero-order chi connectivity index (χ0) is 20.5. The van der Waals surface area contributed by atoms with Gasteiger partial charge in [0.25, 0.3) is 0 Å². The minimum Gasteiger partial charge on any atom is -0.493 e. The number of aryl methyl sites for hydroxylation is 1. The van der Waals surface area contributed by atoms with E-state index in [1.54, 1.807) is 10.9 Å². The van der Waals surface area contributed by atoms with E-state index >= 15 is 0 Å². The fraction of sp³-hybridized carbons (Fsp3) is 0.565. The summed E-state index contributed by atoms with van der Waals surface area (Å²) in [5, 5.41) is 7.33. The highest BCUT2D eigenvalue weighted by molar-refractivity contribution is 5.80. The lowest BCUT2D eigenvalue weighted by Crippen LogP contribution is -2.37. The maximum Gasteiger partial charge on any atom is 0.225 e. The molecule has 1 amide bonds. The van der Waals surface area contributed by atoms with Gasteiger partial charge < -0.3 is 14.8 Å². The Labute approximate surface area is 177 Å². The van der Waals surface area contributed by atoms with Crippen LogP contribution in [0.25, 0.3) is 0 Å². The normalized spacial score (nSPS) is 26.6. The van der Waals surface area contributed by atoms with Crippen molar-refractivity contribution >= 4 is 5.91 Å². The molecule has 0 unspecified atom stereocenters. The number of likely N-dealkylation sites (tertiary alicyclic amines) is 1. The van der Waals surface area contributed by atoms with Crippen LogP contribution >= 0.6 is 0 Å². The molecular weight excluding hydrogens is 380 g/mol. The van der Waals surface area contributed by atoms with Gasteiger partial charge in [0.2, 0.25) is 5.91 Å². The van der Waals surface area contributed by atoms with Gasteiger partial charge >= 0.3 is 0 Å². The van der Waals surface area contributed by atoms with Crippen LogP contribution in [0.2, 0.25) is 0 Å². The first-order valence-corrected chi connectivity index (χ1v) is 11.0. The molecule has 7 nitrogen and oxygen atoms in total. The highest BCUT2D eigenvalue weighted by atomic mass is 16.5. The summed E-state index contributed by atoms with van der Waals surface area (Å²) >= 11 is 0. The third-order valence-corrected chi connectivity index (χ3v) is 6.81. The van der Waals surface area contributed by atoms with Crippen molar-refractivity contribution < 1.29 is 14.3 Å². The van der Waals surface area contributed by atoms with E-state index in [1.807, 2.05) is 25.4 Å². The second-order valence-electron chi connectivity index (χ2n) is 8.81. The zero-order valence-corrected chi connectivity index (χ0v) is 17.5. The van der Waals surface area contributed by atoms with Crippen LogP contribution in [0.3, 0.4) is 0 Å². The van der Waals surface area contributed by atoms with Gasteiger partial charge in [-0.3, -0.25) is 14.4 Å². The minimum atomic E-state index is -0.0696. The molecule has 1 aromatic heterocycles. The number of hydrogen-bond acceptors (Lipinski definition) is 5. The lowest BCUT2D eigenvalue weighted by Gasteiger charge is -2.36. The predicted molar refractivity (Wildman–Crippen MR) is 112 cm³/mol. The molecule has 1 N–H and O–H groups in total. The average Bonchev–Trinajstić information content (AvgIpc) is 3.36. The number of aromatic nitrogens is 2. The lowest BCUT2D eigenvalue weighted by atomic mass is 9.84. The third-order valence-electron chi connectivity index (χ3n) is 6.81. The lowest BCUT2D eigenvalue weighted by molar-refractivity contribution is -0.126. The third kappa shape index (κ3) is 3.84. The summed E-state index contributed by atoms with van der Waals surface area (Å²) in [5.41, 5.74) is 2.24. The van der Waals surface area contributed by atoms with Crippen LogP contribution in [-0.2, 0) is 23.1 Å². The van der Waals surface area contributed by atoms with Gasteiger partial charge in [0.1, 0.15) is 5.75 Å². The summed E-state index contributed by atoms with van der Waals surface area (Å²) in [6, 6.07) is 8.56. The predicted octanol–water partition coefficient (Wildman–Crippen LogP) is 2.14. The van der Waals surface area contributed by atoms with E-state index in [9.17, 15) is 4.79 Å². The first kappa shape index (κ1) is 19.6. The Balaban J connectivity index is 1.34. The van der Waals surface area contributed by atoms with Crippen molar-refractivity contribution in [2.24, 2.45) is 24.8 Å². The van der Waals surface area contributed by atoms with Crippen LogP contribution < -0.4 is 10.1 Å². The summed E-state index contributed by atoms with van der Waals surface area (Å²) in [6.07, 6.45) is 5.94. The SMILES string of the molecule is Cn1cc(CNC(=O)[C@@H]2CN(CC3CCOCC3)[C@H]3c4ccccc4OC[C@@H]23)cn1. The molecule has 2 fully saturated rings. The van der Waals surface area contributed by atoms with Crippen LogP contribution in [0.4, 0.5) is 0 Å². The van der Waals surface area contributed by atoms with Gasteiger partial charge in [-0.15, -0.1) is 0 Å². The van der Waals surface area contributed by atoms with Crippen molar-refractivity contribution in [2.75, 3.05) is 32.9 Å². The van der Waals surface area contributed by atoms with Crippen molar-refractivity contribution in [3.8, 4) is 5.75 Å². The number of fused-ring (bicyclic) bond motifs is 3. The smallest absolute Gasteiger partial charge is 0.225 e. The van der Waals surface area contributed by atoms with Crippen LogP contribution in [0.5, 0.6) is 5.75 Å². The Kier molecular flexibility index (Phi) is 5.48. The summed E-state index contributed by atoms with van der Waals surface area (Å²) in [4.78, 5) is 15.7. The first-order chi connectivity index (χ1) is 14.7. The monoisotopic (exact) mass is 410 g/mol. The fourth-order valence-electron chi connectivity index (χ4n) is 5.28. The summed E-state index contributed by atoms with van der Waals surface area (Å²) in [6.45, 7) is 4.60. The van der Waals surface area contributed by atoms with Crippen LogP contribution in [0.1, 0.15) is 30.0 Å². The highest BCUT2D eigenvalue weighted by Gasteiger charge is 2.49. The molecule has 4 heterocycles. The first-order valence-electron chi connectivity index (χ1n) is 11.0. The molecular formula is C23H30N4O3. The Bertz CT molecular complexity index is 892. The van der Waals surface area contributed by atoms with E-state index < -0.39 is 0 Å². The molecule has 3 aliphatic rings. The number of para-hydroxylation sites is 1. The van der Waals surface area contributed by atoms with Gasteiger partial charge in [-0.25, -0.2) is 0 Å². The number of carbonyl (C=O) groups excluding carboxylic acids is 1. The quantitative estimate of drug-likeness (QED) is 0.818. The Hall–Kier alpha value is -2.38. The number of nitrogens with zero attached hydrogens (tertiary/aromatic N) is 3. The van der Waals surface area contributed by atoms with Crippen LogP contribution in [-0.4, -0.2) is 53.5 Å². The number of ether oxygens (including phenoxy) is 2. The largest absolute Gasteiger partial charge is 0.493 e. The standard InChI is InChI=1S/C23H30N4O3/c1-26-12-17(11-25-26)10-24-23(28)19-14-27(13-16-6-8-29-9-7-16)22-18-4-2-3-5-21(18)30-15-20(19)22/h2-5,11-12,16,19-20,22H,6-10,13-15H2,1H3,(H,24,28)/t19-,20+,22+/m1/s1.